The number of ether oxygens (including phenoxy) is 1. The number of furan rings is 1. The molecule has 1 aromatic heterocycles. The third-order valence-electron chi connectivity index (χ3n) is 4.35. The van der Waals surface area contributed by atoms with Crippen LogP contribution in [-0.4, -0.2) is 18.4 Å². The van der Waals surface area contributed by atoms with Crippen molar-refractivity contribution in [1.82, 2.24) is 5.32 Å². The second-order valence-electron chi connectivity index (χ2n) is 6.90. The molecule has 6 nitrogen and oxygen atoms in total. The fraction of sp³-hybridized carbons (Fsp3) is 0.217. The van der Waals surface area contributed by atoms with Gasteiger partial charge in [-0.15, -0.1) is 0 Å². The van der Waals surface area contributed by atoms with E-state index >= 15 is 0 Å². The first-order valence-electron chi connectivity index (χ1n) is 9.44. The number of nitrogens with one attached hydrogen (secondary N) is 2. The fourth-order valence-corrected chi connectivity index (χ4v) is 2.68. The lowest BCUT2D eigenvalue weighted by Crippen LogP contribution is -2.23. The molecule has 0 aliphatic heterocycles. The van der Waals surface area contributed by atoms with Crippen LogP contribution in [0.5, 0.6) is 5.75 Å². The molecule has 2 N–H and O–H groups in total. The van der Waals surface area contributed by atoms with Crippen molar-refractivity contribution in [2.45, 2.75) is 26.3 Å². The minimum Gasteiger partial charge on any atom is -0.484 e. The van der Waals surface area contributed by atoms with Gasteiger partial charge in [0.15, 0.2) is 6.61 Å². The van der Waals surface area contributed by atoms with Crippen LogP contribution in [0.25, 0.3) is 0 Å². The molecule has 6 heteroatoms. The maximum absolute atomic E-state index is 12.1. The Morgan fingerprint density at radius 3 is 2.34 bits per heavy atom. The molecule has 0 saturated carbocycles. The van der Waals surface area contributed by atoms with E-state index in [0.717, 1.165) is 0 Å². The summed E-state index contributed by atoms with van der Waals surface area (Å²) in [5.41, 5.74) is 2.31. The summed E-state index contributed by atoms with van der Waals surface area (Å²) in [7, 11) is 0. The van der Waals surface area contributed by atoms with E-state index in [-0.39, 0.29) is 18.4 Å². The summed E-state index contributed by atoms with van der Waals surface area (Å²) in [6, 6.07) is 17.9. The molecule has 0 bridgehead atoms. The summed E-state index contributed by atoms with van der Waals surface area (Å²) in [6.45, 7) is 4.47. The largest absolute Gasteiger partial charge is 0.484 e. The van der Waals surface area contributed by atoms with Crippen molar-refractivity contribution >= 4 is 17.5 Å². The van der Waals surface area contributed by atoms with E-state index in [9.17, 15) is 9.59 Å². The SMILES string of the molecule is CC(C)c1ccc(OCC(=O)Nc2ccc(C(=O)NCc3ccco3)cc2)cc1. The van der Waals surface area contributed by atoms with Gasteiger partial charge < -0.3 is 19.8 Å². The Bertz CT molecular complexity index is 930. The molecular formula is C23H24N2O4. The topological polar surface area (TPSA) is 80.6 Å². The Kier molecular flexibility index (Phi) is 6.68. The van der Waals surface area contributed by atoms with E-state index in [2.05, 4.69) is 24.5 Å². The highest BCUT2D eigenvalue weighted by Crippen LogP contribution is 2.18. The molecule has 29 heavy (non-hydrogen) atoms. The number of hydrogen-bond donors (Lipinski definition) is 2. The minimum absolute atomic E-state index is 0.0909. The molecule has 150 valence electrons. The number of amides is 2. The zero-order chi connectivity index (χ0) is 20.6. The molecule has 1 heterocycles. The number of benzene rings is 2. The molecule has 2 amide bonds. The van der Waals surface area contributed by atoms with Gasteiger partial charge in [0.05, 0.1) is 12.8 Å². The molecule has 0 saturated heterocycles. The average molecular weight is 392 g/mol. The van der Waals surface area contributed by atoms with E-state index in [4.69, 9.17) is 9.15 Å². The molecule has 3 rings (SSSR count). The predicted octanol–water partition coefficient (Wildman–Crippen LogP) is 4.35. The van der Waals surface area contributed by atoms with Gasteiger partial charge in [0, 0.05) is 11.3 Å². The van der Waals surface area contributed by atoms with Crippen molar-refractivity contribution in [1.29, 1.82) is 0 Å². The van der Waals surface area contributed by atoms with E-state index < -0.39 is 0 Å². The van der Waals surface area contributed by atoms with Gasteiger partial charge in [0.1, 0.15) is 11.5 Å². The summed E-state index contributed by atoms with van der Waals surface area (Å²) in [4.78, 5) is 24.2. The van der Waals surface area contributed by atoms with Crippen LogP contribution in [0.15, 0.2) is 71.3 Å². The second kappa shape index (κ2) is 9.59. The van der Waals surface area contributed by atoms with Gasteiger partial charge in [-0.25, -0.2) is 0 Å². The highest BCUT2D eigenvalue weighted by molar-refractivity contribution is 5.96. The maximum Gasteiger partial charge on any atom is 0.262 e. The van der Waals surface area contributed by atoms with Gasteiger partial charge in [-0.1, -0.05) is 26.0 Å². The normalized spacial score (nSPS) is 10.6. The van der Waals surface area contributed by atoms with Gasteiger partial charge in [-0.3, -0.25) is 9.59 Å². The smallest absolute Gasteiger partial charge is 0.262 e. The highest BCUT2D eigenvalue weighted by atomic mass is 16.5. The Morgan fingerprint density at radius 2 is 1.72 bits per heavy atom. The third-order valence-corrected chi connectivity index (χ3v) is 4.35. The van der Waals surface area contributed by atoms with Crippen molar-refractivity contribution in [3.05, 3.63) is 83.8 Å². The number of carbonyl (C=O) groups is 2. The summed E-state index contributed by atoms with van der Waals surface area (Å²) >= 11 is 0. The van der Waals surface area contributed by atoms with Gasteiger partial charge >= 0.3 is 0 Å². The Hall–Kier alpha value is -3.54. The molecule has 0 unspecified atom stereocenters. The minimum atomic E-state index is -0.270. The summed E-state index contributed by atoms with van der Waals surface area (Å²) in [6.07, 6.45) is 1.56. The van der Waals surface area contributed by atoms with E-state index in [1.54, 1.807) is 42.7 Å². The van der Waals surface area contributed by atoms with Crippen molar-refractivity contribution in [2.75, 3.05) is 11.9 Å². The molecule has 0 fully saturated rings. The second-order valence-corrected chi connectivity index (χ2v) is 6.90. The van der Waals surface area contributed by atoms with Crippen molar-refractivity contribution in [3.63, 3.8) is 0 Å². The maximum atomic E-state index is 12.1. The predicted molar refractivity (Wildman–Crippen MR) is 111 cm³/mol. The molecule has 0 aliphatic carbocycles. The van der Waals surface area contributed by atoms with Gasteiger partial charge in [0.25, 0.3) is 11.8 Å². The Morgan fingerprint density at radius 1 is 1.00 bits per heavy atom. The van der Waals surface area contributed by atoms with Crippen LogP contribution in [0.2, 0.25) is 0 Å². The number of carbonyl (C=O) groups excluding carboxylic acids is 2. The first-order valence-corrected chi connectivity index (χ1v) is 9.44. The van der Waals surface area contributed by atoms with Crippen LogP contribution in [0.1, 0.15) is 41.4 Å². The number of rotatable bonds is 8. The highest BCUT2D eigenvalue weighted by Gasteiger charge is 2.08. The first-order chi connectivity index (χ1) is 14.0. The summed E-state index contributed by atoms with van der Waals surface area (Å²) < 4.78 is 10.7. The molecule has 2 aromatic carbocycles. The van der Waals surface area contributed by atoms with Crippen LogP contribution in [0.3, 0.4) is 0 Å². The van der Waals surface area contributed by atoms with Crippen LogP contribution < -0.4 is 15.4 Å². The summed E-state index contributed by atoms with van der Waals surface area (Å²) in [5.74, 6) is 1.29. The quantitative estimate of drug-likeness (QED) is 0.597. The lowest BCUT2D eigenvalue weighted by atomic mass is 10.0. The van der Waals surface area contributed by atoms with E-state index in [1.807, 2.05) is 24.3 Å². The monoisotopic (exact) mass is 392 g/mol. The number of hydrogen-bond acceptors (Lipinski definition) is 4. The fourth-order valence-electron chi connectivity index (χ4n) is 2.68. The lowest BCUT2D eigenvalue weighted by molar-refractivity contribution is -0.118. The lowest BCUT2D eigenvalue weighted by Gasteiger charge is -2.10. The zero-order valence-electron chi connectivity index (χ0n) is 16.5. The molecular weight excluding hydrogens is 368 g/mol. The van der Waals surface area contributed by atoms with Crippen LogP contribution in [0, 0.1) is 0 Å². The molecule has 0 radical (unpaired) electrons. The van der Waals surface area contributed by atoms with Gasteiger partial charge in [0.2, 0.25) is 0 Å². The van der Waals surface area contributed by atoms with Crippen molar-refractivity contribution in [2.24, 2.45) is 0 Å². The average Bonchev–Trinajstić information content (AvgIpc) is 3.25. The molecule has 3 aromatic rings. The summed E-state index contributed by atoms with van der Waals surface area (Å²) in [5, 5.41) is 5.52. The standard InChI is InChI=1S/C23H24N2O4/c1-16(2)17-7-11-20(12-8-17)29-15-22(26)25-19-9-5-18(6-10-19)23(27)24-14-21-4-3-13-28-21/h3-13,16H,14-15H2,1-2H3,(H,24,27)(H,25,26). The van der Waals surface area contributed by atoms with Gasteiger partial charge in [-0.2, -0.15) is 0 Å². The van der Waals surface area contributed by atoms with Crippen LogP contribution >= 0.6 is 0 Å². The van der Waals surface area contributed by atoms with Crippen molar-refractivity contribution in [3.8, 4) is 5.75 Å². The molecule has 0 aliphatic rings. The Labute approximate surface area is 169 Å². The first kappa shape index (κ1) is 20.2. The Balaban J connectivity index is 1.46. The van der Waals surface area contributed by atoms with Crippen molar-refractivity contribution < 1.29 is 18.7 Å². The van der Waals surface area contributed by atoms with E-state index in [1.165, 1.54) is 5.56 Å². The van der Waals surface area contributed by atoms with E-state index in [0.29, 0.717) is 35.2 Å². The molecule has 0 spiro atoms. The third kappa shape index (κ3) is 5.97. The van der Waals surface area contributed by atoms with Crippen LogP contribution in [-0.2, 0) is 11.3 Å². The van der Waals surface area contributed by atoms with Gasteiger partial charge in [-0.05, 0) is 60.0 Å². The number of anilines is 1. The molecule has 0 atom stereocenters. The zero-order valence-corrected chi connectivity index (χ0v) is 16.5. The van der Waals surface area contributed by atoms with Crippen LogP contribution in [0.4, 0.5) is 5.69 Å².